The number of aromatic carboxylic acids is 1. The second-order valence-corrected chi connectivity index (χ2v) is 5.83. The first kappa shape index (κ1) is 17.0. The number of amides is 1. The Balaban J connectivity index is 1.89. The number of rotatable bonds is 6. The minimum atomic E-state index is -1.23. The molecule has 23 heavy (non-hydrogen) atoms. The van der Waals surface area contributed by atoms with E-state index in [4.69, 9.17) is 9.63 Å². The maximum atomic E-state index is 13.7. The molecular formula is C15H15FN2O4S. The largest absolute Gasteiger partial charge is 0.478 e. The number of aromatic nitrogens is 1. The molecule has 2 rings (SSSR count). The number of carboxylic acid groups (broad SMARTS) is 1. The Bertz CT molecular complexity index is 726. The van der Waals surface area contributed by atoms with Crippen LogP contribution in [-0.2, 0) is 10.5 Å². The maximum Gasteiger partial charge on any atom is 0.335 e. The highest BCUT2D eigenvalue weighted by Gasteiger charge is 2.12. The predicted octanol–water partition coefficient (Wildman–Crippen LogP) is 3.00. The molecule has 6 nitrogen and oxygen atoms in total. The molecule has 1 amide bonds. The summed E-state index contributed by atoms with van der Waals surface area (Å²) in [6.45, 7) is 3.63. The summed E-state index contributed by atoms with van der Waals surface area (Å²) in [6, 6.07) is 3.34. The monoisotopic (exact) mass is 338 g/mol. The maximum absolute atomic E-state index is 13.7. The minimum absolute atomic E-state index is 0.0436. The first-order valence-corrected chi connectivity index (χ1v) is 7.86. The van der Waals surface area contributed by atoms with E-state index in [2.05, 4.69) is 10.5 Å². The molecule has 122 valence electrons. The summed E-state index contributed by atoms with van der Waals surface area (Å²) in [4.78, 5) is 22.6. The highest BCUT2D eigenvalue weighted by Crippen LogP contribution is 2.20. The number of aryl methyl sites for hydroxylation is 2. The van der Waals surface area contributed by atoms with E-state index in [0.717, 1.165) is 17.3 Å². The number of carbonyl (C=O) groups excluding carboxylic acids is 1. The third-order valence-electron chi connectivity index (χ3n) is 3.15. The molecule has 0 atom stereocenters. The average Bonchev–Trinajstić information content (AvgIpc) is 2.81. The lowest BCUT2D eigenvalue weighted by Gasteiger charge is -2.07. The zero-order valence-corrected chi connectivity index (χ0v) is 13.4. The number of hydrogen-bond donors (Lipinski definition) is 2. The number of carboxylic acids is 1. The summed E-state index contributed by atoms with van der Waals surface area (Å²) in [5.41, 5.74) is 1.51. The van der Waals surface area contributed by atoms with Crippen LogP contribution < -0.4 is 5.32 Å². The summed E-state index contributed by atoms with van der Waals surface area (Å²) in [7, 11) is 0. The molecule has 2 N–H and O–H groups in total. The molecule has 0 saturated heterocycles. The molecule has 0 radical (unpaired) electrons. The van der Waals surface area contributed by atoms with Gasteiger partial charge in [-0.2, -0.15) is 0 Å². The zero-order chi connectivity index (χ0) is 17.0. The zero-order valence-electron chi connectivity index (χ0n) is 12.6. The van der Waals surface area contributed by atoms with Crippen molar-refractivity contribution in [2.24, 2.45) is 0 Å². The van der Waals surface area contributed by atoms with Gasteiger partial charge in [0.15, 0.2) is 0 Å². The van der Waals surface area contributed by atoms with Crippen molar-refractivity contribution in [3.63, 3.8) is 0 Å². The molecule has 8 heteroatoms. The normalized spacial score (nSPS) is 10.6. The molecule has 0 bridgehead atoms. The van der Waals surface area contributed by atoms with E-state index >= 15 is 0 Å². The Morgan fingerprint density at radius 2 is 2.13 bits per heavy atom. The van der Waals surface area contributed by atoms with Crippen LogP contribution in [0.1, 0.15) is 27.4 Å². The van der Waals surface area contributed by atoms with Crippen LogP contribution in [0.3, 0.4) is 0 Å². The van der Waals surface area contributed by atoms with Crippen molar-refractivity contribution in [2.75, 3.05) is 11.1 Å². The Kier molecular flexibility index (Phi) is 5.38. The van der Waals surface area contributed by atoms with Gasteiger partial charge in [0.05, 0.1) is 22.7 Å². The van der Waals surface area contributed by atoms with Crippen molar-refractivity contribution in [3.05, 3.63) is 46.6 Å². The lowest BCUT2D eigenvalue weighted by Crippen LogP contribution is -2.15. The van der Waals surface area contributed by atoms with E-state index in [1.807, 2.05) is 6.92 Å². The summed E-state index contributed by atoms with van der Waals surface area (Å²) in [5, 5.41) is 15.0. The number of anilines is 1. The molecular weight excluding hydrogens is 323 g/mol. The lowest BCUT2D eigenvalue weighted by molar-refractivity contribution is -0.113. The van der Waals surface area contributed by atoms with Gasteiger partial charge in [0.2, 0.25) is 5.91 Å². The molecule has 0 aliphatic carbocycles. The van der Waals surface area contributed by atoms with Gasteiger partial charge < -0.3 is 14.9 Å². The molecule has 0 saturated carbocycles. The van der Waals surface area contributed by atoms with Gasteiger partial charge in [0.1, 0.15) is 11.6 Å². The van der Waals surface area contributed by atoms with Gasteiger partial charge in [-0.25, -0.2) is 9.18 Å². The Hall–Kier alpha value is -2.35. The summed E-state index contributed by atoms with van der Waals surface area (Å²) < 4.78 is 18.7. The summed E-state index contributed by atoms with van der Waals surface area (Å²) in [6.07, 6.45) is 0. The van der Waals surface area contributed by atoms with E-state index in [1.54, 1.807) is 6.92 Å². The fourth-order valence-electron chi connectivity index (χ4n) is 1.89. The van der Waals surface area contributed by atoms with E-state index < -0.39 is 11.8 Å². The summed E-state index contributed by atoms with van der Waals surface area (Å²) >= 11 is 1.35. The molecule has 0 spiro atoms. The second-order valence-electron chi connectivity index (χ2n) is 4.84. The van der Waals surface area contributed by atoms with Crippen molar-refractivity contribution in [1.82, 2.24) is 5.16 Å². The van der Waals surface area contributed by atoms with Gasteiger partial charge in [-0.05, 0) is 32.0 Å². The van der Waals surface area contributed by atoms with Crippen LogP contribution >= 0.6 is 11.8 Å². The van der Waals surface area contributed by atoms with Crippen LogP contribution in [0, 0.1) is 19.7 Å². The van der Waals surface area contributed by atoms with Crippen LogP contribution in [0.4, 0.5) is 10.1 Å². The van der Waals surface area contributed by atoms with Crippen LogP contribution in [0.25, 0.3) is 0 Å². The number of benzene rings is 1. The van der Waals surface area contributed by atoms with Crippen molar-refractivity contribution >= 4 is 29.3 Å². The van der Waals surface area contributed by atoms with E-state index in [0.29, 0.717) is 11.5 Å². The number of nitrogens with one attached hydrogen (secondary N) is 1. The van der Waals surface area contributed by atoms with Crippen LogP contribution in [0.5, 0.6) is 0 Å². The van der Waals surface area contributed by atoms with Crippen molar-refractivity contribution in [1.29, 1.82) is 0 Å². The standard InChI is InChI=1S/C15H15FN2O4S/c1-8-11(9(2)22-18-8)6-23-7-14(19)17-13-4-3-10(15(20)21)5-12(13)16/h3-5H,6-7H2,1-2H3,(H,17,19)(H,20,21). The van der Waals surface area contributed by atoms with Gasteiger partial charge in [-0.3, -0.25) is 4.79 Å². The van der Waals surface area contributed by atoms with Crippen LogP contribution in [0.2, 0.25) is 0 Å². The number of carbonyl (C=O) groups is 2. The van der Waals surface area contributed by atoms with Gasteiger partial charge in [-0.15, -0.1) is 11.8 Å². The van der Waals surface area contributed by atoms with Crippen molar-refractivity contribution < 1.29 is 23.6 Å². The molecule has 1 aromatic carbocycles. The molecule has 0 aliphatic heterocycles. The van der Waals surface area contributed by atoms with E-state index in [9.17, 15) is 14.0 Å². The van der Waals surface area contributed by atoms with Crippen LogP contribution in [-0.4, -0.2) is 27.9 Å². The molecule has 0 unspecified atom stereocenters. The smallest absolute Gasteiger partial charge is 0.335 e. The van der Waals surface area contributed by atoms with Gasteiger partial charge in [0, 0.05) is 11.3 Å². The molecule has 1 aromatic heterocycles. The van der Waals surface area contributed by atoms with Crippen molar-refractivity contribution in [2.45, 2.75) is 19.6 Å². The number of hydrogen-bond acceptors (Lipinski definition) is 5. The third-order valence-corrected chi connectivity index (χ3v) is 4.11. The van der Waals surface area contributed by atoms with E-state index in [1.165, 1.54) is 23.9 Å². The van der Waals surface area contributed by atoms with Gasteiger partial charge in [0.25, 0.3) is 0 Å². The average molecular weight is 338 g/mol. The minimum Gasteiger partial charge on any atom is -0.478 e. The topological polar surface area (TPSA) is 92.4 Å². The lowest BCUT2D eigenvalue weighted by atomic mass is 10.2. The predicted molar refractivity (Wildman–Crippen MR) is 84.1 cm³/mol. The fourth-order valence-corrected chi connectivity index (χ4v) is 2.87. The summed E-state index contributed by atoms with van der Waals surface area (Å²) in [5.74, 6) is -0.973. The number of nitrogens with zero attached hydrogens (tertiary/aromatic N) is 1. The van der Waals surface area contributed by atoms with Gasteiger partial charge in [-0.1, -0.05) is 5.16 Å². The Morgan fingerprint density at radius 1 is 1.39 bits per heavy atom. The Morgan fingerprint density at radius 3 is 2.70 bits per heavy atom. The highest BCUT2D eigenvalue weighted by molar-refractivity contribution is 7.99. The molecule has 0 fully saturated rings. The third kappa shape index (κ3) is 4.32. The first-order chi connectivity index (χ1) is 10.9. The SMILES string of the molecule is Cc1noc(C)c1CSCC(=O)Nc1ccc(C(=O)O)cc1F. The molecule has 2 aromatic rings. The van der Waals surface area contributed by atoms with Crippen LogP contribution in [0.15, 0.2) is 22.7 Å². The highest BCUT2D eigenvalue weighted by atomic mass is 32.2. The molecule has 0 aliphatic rings. The number of thioether (sulfide) groups is 1. The van der Waals surface area contributed by atoms with E-state index in [-0.39, 0.29) is 22.9 Å². The quantitative estimate of drug-likeness (QED) is 0.841. The Labute approximate surface area is 136 Å². The fraction of sp³-hybridized carbons (Fsp3) is 0.267. The molecule has 1 heterocycles. The van der Waals surface area contributed by atoms with Gasteiger partial charge >= 0.3 is 5.97 Å². The second kappa shape index (κ2) is 7.28. The number of halogens is 1. The van der Waals surface area contributed by atoms with Crippen molar-refractivity contribution in [3.8, 4) is 0 Å². The first-order valence-electron chi connectivity index (χ1n) is 6.70.